The SMILES string of the molecule is COc1cc(-c2cncc3c2CN(C)Cc2cc(N4CCNCC4)ccc2-3)cc(OC)c1OC. The normalized spacial score (nSPS) is 15.8. The highest BCUT2D eigenvalue weighted by atomic mass is 16.5. The van der Waals surface area contributed by atoms with Crippen LogP contribution in [-0.2, 0) is 13.1 Å². The second-order valence-corrected chi connectivity index (χ2v) is 8.88. The van der Waals surface area contributed by atoms with E-state index in [0.29, 0.717) is 17.2 Å². The van der Waals surface area contributed by atoms with E-state index in [1.165, 1.54) is 27.9 Å². The first-order chi connectivity index (χ1) is 16.6. The van der Waals surface area contributed by atoms with Crippen molar-refractivity contribution in [3.8, 4) is 39.5 Å². The minimum atomic E-state index is 0.589. The second-order valence-electron chi connectivity index (χ2n) is 8.88. The molecule has 2 aliphatic rings. The molecular formula is C27H32N4O3. The molecule has 0 bridgehead atoms. The number of methoxy groups -OCH3 is 3. The standard InChI is InChI=1S/C27H32N4O3/c1-30-16-19-11-20(31-9-7-28-8-10-31)5-6-21(19)23-15-29-14-22(24(23)17-30)18-12-25(32-2)27(34-4)26(13-18)33-3/h5-6,11-15,28H,7-10,16-17H2,1-4H3. The van der Waals surface area contributed by atoms with E-state index in [0.717, 1.165) is 50.4 Å². The van der Waals surface area contributed by atoms with Crippen LogP contribution in [0.1, 0.15) is 11.1 Å². The molecule has 34 heavy (non-hydrogen) atoms. The zero-order chi connectivity index (χ0) is 23.7. The molecule has 1 aromatic heterocycles. The largest absolute Gasteiger partial charge is 0.493 e. The van der Waals surface area contributed by atoms with Gasteiger partial charge < -0.3 is 24.4 Å². The summed E-state index contributed by atoms with van der Waals surface area (Å²) in [6, 6.07) is 10.9. The van der Waals surface area contributed by atoms with Gasteiger partial charge in [-0.05, 0) is 53.6 Å². The molecule has 0 amide bonds. The van der Waals surface area contributed by atoms with Crippen molar-refractivity contribution in [1.82, 2.24) is 15.2 Å². The summed E-state index contributed by atoms with van der Waals surface area (Å²) in [4.78, 5) is 9.49. The van der Waals surface area contributed by atoms with Crippen molar-refractivity contribution in [3.05, 3.63) is 53.9 Å². The monoisotopic (exact) mass is 460 g/mol. The van der Waals surface area contributed by atoms with Crippen molar-refractivity contribution in [1.29, 1.82) is 0 Å². The lowest BCUT2D eigenvalue weighted by atomic mass is 9.92. The third kappa shape index (κ3) is 4.06. The van der Waals surface area contributed by atoms with Crippen LogP contribution in [0.5, 0.6) is 17.2 Å². The maximum absolute atomic E-state index is 5.61. The summed E-state index contributed by atoms with van der Waals surface area (Å²) < 4.78 is 16.8. The van der Waals surface area contributed by atoms with Gasteiger partial charge in [-0.1, -0.05) is 6.07 Å². The highest BCUT2D eigenvalue weighted by molar-refractivity contribution is 5.82. The molecule has 1 fully saturated rings. The van der Waals surface area contributed by atoms with Crippen molar-refractivity contribution in [3.63, 3.8) is 0 Å². The van der Waals surface area contributed by atoms with Gasteiger partial charge in [-0.15, -0.1) is 0 Å². The number of aromatic nitrogens is 1. The Bertz CT molecular complexity index is 1170. The molecule has 0 saturated carbocycles. The van der Waals surface area contributed by atoms with Gasteiger partial charge in [0.1, 0.15) is 0 Å². The fourth-order valence-electron chi connectivity index (χ4n) is 5.09. The van der Waals surface area contributed by atoms with Crippen LogP contribution in [-0.4, -0.2) is 64.4 Å². The van der Waals surface area contributed by atoms with Gasteiger partial charge in [-0.2, -0.15) is 0 Å². The topological polar surface area (TPSA) is 59.1 Å². The predicted octanol–water partition coefficient (Wildman–Crippen LogP) is 3.80. The van der Waals surface area contributed by atoms with E-state index in [-0.39, 0.29) is 0 Å². The van der Waals surface area contributed by atoms with Crippen LogP contribution >= 0.6 is 0 Å². The Morgan fingerprint density at radius 3 is 2.21 bits per heavy atom. The summed E-state index contributed by atoms with van der Waals surface area (Å²) in [5.41, 5.74) is 8.38. The second kappa shape index (κ2) is 9.52. The molecule has 178 valence electrons. The Labute approximate surface area is 201 Å². The fraction of sp³-hybridized carbons (Fsp3) is 0.370. The van der Waals surface area contributed by atoms with Crippen LogP contribution in [0.4, 0.5) is 5.69 Å². The Morgan fingerprint density at radius 2 is 1.53 bits per heavy atom. The molecule has 2 aliphatic heterocycles. The van der Waals surface area contributed by atoms with E-state index in [9.17, 15) is 0 Å². The van der Waals surface area contributed by atoms with E-state index in [1.54, 1.807) is 21.3 Å². The van der Waals surface area contributed by atoms with E-state index < -0.39 is 0 Å². The zero-order valence-corrected chi connectivity index (χ0v) is 20.4. The Morgan fingerprint density at radius 1 is 0.824 bits per heavy atom. The molecule has 0 unspecified atom stereocenters. The Hall–Kier alpha value is -3.29. The van der Waals surface area contributed by atoms with Crippen LogP contribution in [0.3, 0.4) is 0 Å². The molecule has 3 aromatic rings. The summed E-state index contributed by atoms with van der Waals surface area (Å²) in [6.07, 6.45) is 3.94. The van der Waals surface area contributed by atoms with Crippen LogP contribution < -0.4 is 24.4 Å². The first-order valence-corrected chi connectivity index (χ1v) is 11.7. The van der Waals surface area contributed by atoms with E-state index in [1.807, 2.05) is 24.5 Å². The fourth-order valence-corrected chi connectivity index (χ4v) is 5.09. The number of hydrogen-bond donors (Lipinski definition) is 1. The Kier molecular flexibility index (Phi) is 6.30. The van der Waals surface area contributed by atoms with Gasteiger partial charge in [0.05, 0.1) is 21.3 Å². The molecular weight excluding hydrogens is 428 g/mol. The smallest absolute Gasteiger partial charge is 0.203 e. The zero-order valence-electron chi connectivity index (χ0n) is 20.4. The minimum Gasteiger partial charge on any atom is -0.493 e. The number of rotatable bonds is 5. The third-order valence-electron chi connectivity index (χ3n) is 6.76. The third-order valence-corrected chi connectivity index (χ3v) is 6.76. The molecule has 2 aromatic carbocycles. The summed E-state index contributed by atoms with van der Waals surface area (Å²) in [6.45, 7) is 5.85. The lowest BCUT2D eigenvalue weighted by Gasteiger charge is -2.30. The molecule has 3 heterocycles. The number of nitrogens with zero attached hydrogens (tertiary/aromatic N) is 3. The number of piperazine rings is 1. The van der Waals surface area contributed by atoms with E-state index >= 15 is 0 Å². The molecule has 7 heteroatoms. The van der Waals surface area contributed by atoms with Crippen LogP contribution in [0, 0.1) is 0 Å². The lowest BCUT2D eigenvalue weighted by molar-refractivity contribution is 0.322. The van der Waals surface area contributed by atoms with Crippen LogP contribution in [0.2, 0.25) is 0 Å². The highest BCUT2D eigenvalue weighted by Crippen LogP contribution is 2.44. The first-order valence-electron chi connectivity index (χ1n) is 11.7. The number of pyridine rings is 1. The summed E-state index contributed by atoms with van der Waals surface area (Å²) in [7, 11) is 7.09. The molecule has 1 N–H and O–H groups in total. The molecule has 0 atom stereocenters. The molecule has 7 nitrogen and oxygen atoms in total. The molecule has 1 saturated heterocycles. The quantitative estimate of drug-likeness (QED) is 0.622. The molecule has 0 aliphatic carbocycles. The molecule has 5 rings (SSSR count). The average Bonchev–Trinajstić information content (AvgIpc) is 3.02. The van der Waals surface area contributed by atoms with Gasteiger partial charge in [0.2, 0.25) is 5.75 Å². The van der Waals surface area contributed by atoms with Gasteiger partial charge in [0, 0.05) is 68.5 Å². The van der Waals surface area contributed by atoms with Crippen LogP contribution in [0.25, 0.3) is 22.3 Å². The number of fused-ring (bicyclic) bond motifs is 3. The summed E-state index contributed by atoms with van der Waals surface area (Å²) in [5.74, 6) is 1.86. The number of anilines is 1. The Balaban J connectivity index is 1.63. The minimum absolute atomic E-state index is 0.589. The number of benzene rings is 2. The maximum atomic E-state index is 5.61. The average molecular weight is 461 g/mol. The maximum Gasteiger partial charge on any atom is 0.203 e. The van der Waals surface area contributed by atoms with Gasteiger partial charge in [-0.3, -0.25) is 9.88 Å². The lowest BCUT2D eigenvalue weighted by Crippen LogP contribution is -2.43. The number of hydrogen-bond acceptors (Lipinski definition) is 7. The van der Waals surface area contributed by atoms with Crippen LogP contribution in [0.15, 0.2) is 42.7 Å². The van der Waals surface area contributed by atoms with Gasteiger partial charge in [0.15, 0.2) is 11.5 Å². The van der Waals surface area contributed by atoms with Crippen molar-refractivity contribution in [2.75, 3.05) is 59.5 Å². The van der Waals surface area contributed by atoms with Crippen molar-refractivity contribution >= 4 is 5.69 Å². The van der Waals surface area contributed by atoms with E-state index in [2.05, 4.69) is 45.3 Å². The number of nitrogens with one attached hydrogen (secondary N) is 1. The highest BCUT2D eigenvalue weighted by Gasteiger charge is 2.24. The summed E-state index contributed by atoms with van der Waals surface area (Å²) >= 11 is 0. The summed E-state index contributed by atoms with van der Waals surface area (Å²) in [5, 5.41) is 3.44. The predicted molar refractivity (Wildman–Crippen MR) is 135 cm³/mol. The van der Waals surface area contributed by atoms with Crippen molar-refractivity contribution < 1.29 is 14.2 Å². The number of ether oxygens (including phenoxy) is 3. The van der Waals surface area contributed by atoms with Gasteiger partial charge in [0.25, 0.3) is 0 Å². The van der Waals surface area contributed by atoms with Gasteiger partial charge in [-0.25, -0.2) is 0 Å². The molecule has 0 radical (unpaired) electrons. The van der Waals surface area contributed by atoms with Gasteiger partial charge >= 0.3 is 0 Å². The van der Waals surface area contributed by atoms with Crippen molar-refractivity contribution in [2.24, 2.45) is 0 Å². The van der Waals surface area contributed by atoms with Crippen molar-refractivity contribution in [2.45, 2.75) is 13.1 Å². The first kappa shape index (κ1) is 22.5. The van der Waals surface area contributed by atoms with E-state index in [4.69, 9.17) is 14.2 Å². The molecule has 0 spiro atoms.